The summed E-state index contributed by atoms with van der Waals surface area (Å²) in [6, 6.07) is 2.62. The molecule has 2 nitrogen and oxygen atoms in total. The number of hydrogen-bond donors (Lipinski definition) is 1. The molecule has 17 heavy (non-hydrogen) atoms. The number of nitrogens with zero attached hydrogens (tertiary/aromatic N) is 1. The molecule has 1 unspecified atom stereocenters. The standard InChI is InChI=1S/C13H18N2S2/c1-7-6-11(10(4)16-7)13-15-9(3)12(17-13)8(2)14-5/h6,8,14H,1-5H3. The number of nitrogens with one attached hydrogen (secondary N) is 1. The van der Waals surface area contributed by atoms with Gasteiger partial charge in [-0.1, -0.05) is 0 Å². The van der Waals surface area contributed by atoms with Gasteiger partial charge in [-0.15, -0.1) is 22.7 Å². The van der Waals surface area contributed by atoms with E-state index in [1.165, 1.54) is 20.2 Å². The molecule has 0 aliphatic carbocycles. The molecule has 1 N–H and O–H groups in total. The lowest BCUT2D eigenvalue weighted by molar-refractivity contribution is 0.658. The van der Waals surface area contributed by atoms with Gasteiger partial charge in [0.15, 0.2) is 0 Å². The number of aryl methyl sites for hydroxylation is 3. The van der Waals surface area contributed by atoms with Crippen LogP contribution in [0.25, 0.3) is 10.6 Å². The predicted molar refractivity (Wildman–Crippen MR) is 77.1 cm³/mol. The number of rotatable bonds is 3. The Hall–Kier alpha value is -0.710. The lowest BCUT2D eigenvalue weighted by Gasteiger charge is -2.06. The third-order valence-electron chi connectivity index (χ3n) is 2.93. The molecule has 0 spiro atoms. The molecular formula is C13H18N2S2. The maximum atomic E-state index is 4.71. The summed E-state index contributed by atoms with van der Waals surface area (Å²) < 4.78 is 0. The van der Waals surface area contributed by atoms with Crippen molar-refractivity contribution >= 4 is 22.7 Å². The molecule has 2 aromatic rings. The molecule has 0 saturated heterocycles. The van der Waals surface area contributed by atoms with Crippen molar-refractivity contribution < 1.29 is 0 Å². The van der Waals surface area contributed by atoms with Gasteiger partial charge in [0.2, 0.25) is 0 Å². The van der Waals surface area contributed by atoms with Crippen LogP contribution in [0, 0.1) is 20.8 Å². The van der Waals surface area contributed by atoms with E-state index in [1.807, 2.05) is 18.4 Å². The molecule has 92 valence electrons. The minimum Gasteiger partial charge on any atom is -0.312 e. The molecule has 0 fully saturated rings. The van der Waals surface area contributed by atoms with E-state index in [0.29, 0.717) is 6.04 Å². The first-order chi connectivity index (χ1) is 8.02. The second-order valence-corrected chi connectivity index (χ2v) is 6.80. The van der Waals surface area contributed by atoms with Gasteiger partial charge in [0.1, 0.15) is 5.01 Å². The van der Waals surface area contributed by atoms with E-state index in [4.69, 9.17) is 4.98 Å². The van der Waals surface area contributed by atoms with E-state index >= 15 is 0 Å². The Labute approximate surface area is 111 Å². The highest BCUT2D eigenvalue weighted by Crippen LogP contribution is 2.36. The zero-order valence-electron chi connectivity index (χ0n) is 10.9. The number of hydrogen-bond acceptors (Lipinski definition) is 4. The smallest absolute Gasteiger partial charge is 0.125 e. The second kappa shape index (κ2) is 4.88. The van der Waals surface area contributed by atoms with Crippen molar-refractivity contribution in [2.75, 3.05) is 7.05 Å². The van der Waals surface area contributed by atoms with Crippen molar-refractivity contribution in [2.45, 2.75) is 33.7 Å². The maximum Gasteiger partial charge on any atom is 0.125 e. The van der Waals surface area contributed by atoms with Crippen molar-refractivity contribution in [1.82, 2.24) is 10.3 Å². The van der Waals surface area contributed by atoms with E-state index in [9.17, 15) is 0 Å². The first kappa shape index (κ1) is 12.7. The van der Waals surface area contributed by atoms with Crippen LogP contribution < -0.4 is 5.32 Å². The van der Waals surface area contributed by atoms with Gasteiger partial charge >= 0.3 is 0 Å². The van der Waals surface area contributed by atoms with Crippen LogP contribution in [0.5, 0.6) is 0 Å². The maximum absolute atomic E-state index is 4.71. The van der Waals surface area contributed by atoms with Gasteiger partial charge in [-0.2, -0.15) is 0 Å². The van der Waals surface area contributed by atoms with Gasteiger partial charge in [-0.3, -0.25) is 0 Å². The van der Waals surface area contributed by atoms with Crippen LogP contribution in [-0.2, 0) is 0 Å². The zero-order chi connectivity index (χ0) is 12.6. The van der Waals surface area contributed by atoms with E-state index in [1.54, 1.807) is 11.3 Å². The molecule has 0 saturated carbocycles. The molecule has 2 heterocycles. The molecule has 4 heteroatoms. The minimum atomic E-state index is 0.376. The quantitative estimate of drug-likeness (QED) is 0.905. The average Bonchev–Trinajstić information content (AvgIpc) is 2.80. The van der Waals surface area contributed by atoms with Crippen molar-refractivity contribution in [2.24, 2.45) is 0 Å². The Morgan fingerprint density at radius 2 is 1.94 bits per heavy atom. The Balaban J connectivity index is 2.44. The Kier molecular flexibility index (Phi) is 3.66. The normalized spacial score (nSPS) is 13.0. The minimum absolute atomic E-state index is 0.376. The fourth-order valence-corrected chi connectivity index (χ4v) is 4.09. The number of thiophene rings is 1. The van der Waals surface area contributed by atoms with Gasteiger partial charge in [0.25, 0.3) is 0 Å². The van der Waals surface area contributed by atoms with Crippen LogP contribution in [0.15, 0.2) is 6.07 Å². The SMILES string of the molecule is CNC(C)c1sc(-c2cc(C)sc2C)nc1C. The monoisotopic (exact) mass is 266 g/mol. The third-order valence-corrected chi connectivity index (χ3v) is 5.27. The van der Waals surface area contributed by atoms with Crippen molar-refractivity contribution in [3.63, 3.8) is 0 Å². The predicted octanol–water partition coefficient (Wildman–Crippen LogP) is 4.08. The summed E-state index contributed by atoms with van der Waals surface area (Å²) in [5.41, 5.74) is 2.45. The van der Waals surface area contributed by atoms with Gasteiger partial charge in [0, 0.05) is 26.2 Å². The average molecular weight is 266 g/mol. The molecular weight excluding hydrogens is 248 g/mol. The third kappa shape index (κ3) is 2.44. The van der Waals surface area contributed by atoms with Gasteiger partial charge in [0.05, 0.1) is 5.69 Å². The fourth-order valence-electron chi connectivity index (χ4n) is 1.90. The zero-order valence-corrected chi connectivity index (χ0v) is 12.6. The van der Waals surface area contributed by atoms with Crippen molar-refractivity contribution in [3.8, 4) is 10.6 Å². The second-order valence-electron chi connectivity index (χ2n) is 4.31. The molecule has 2 aromatic heterocycles. The summed E-state index contributed by atoms with van der Waals surface area (Å²) in [5, 5.41) is 4.43. The van der Waals surface area contributed by atoms with Gasteiger partial charge in [-0.05, 0) is 40.8 Å². The van der Waals surface area contributed by atoms with Crippen LogP contribution in [0.2, 0.25) is 0 Å². The summed E-state index contributed by atoms with van der Waals surface area (Å²) in [6.07, 6.45) is 0. The van der Waals surface area contributed by atoms with Gasteiger partial charge < -0.3 is 5.32 Å². The summed E-state index contributed by atoms with van der Waals surface area (Å²) >= 11 is 3.65. The largest absolute Gasteiger partial charge is 0.312 e. The van der Waals surface area contributed by atoms with E-state index in [2.05, 4.69) is 39.1 Å². The summed E-state index contributed by atoms with van der Waals surface area (Å²) in [5.74, 6) is 0. The Bertz CT molecular complexity index is 526. The molecule has 0 aromatic carbocycles. The highest BCUT2D eigenvalue weighted by molar-refractivity contribution is 7.16. The molecule has 0 aliphatic heterocycles. The van der Waals surface area contributed by atoms with Crippen molar-refractivity contribution in [1.29, 1.82) is 0 Å². The molecule has 2 rings (SSSR count). The topological polar surface area (TPSA) is 24.9 Å². The lowest BCUT2D eigenvalue weighted by atomic mass is 10.2. The highest BCUT2D eigenvalue weighted by Gasteiger charge is 2.16. The van der Waals surface area contributed by atoms with Crippen LogP contribution in [0.1, 0.15) is 33.3 Å². The summed E-state index contributed by atoms with van der Waals surface area (Å²) in [4.78, 5) is 8.76. The molecule has 1 atom stereocenters. The van der Waals surface area contributed by atoms with Crippen molar-refractivity contribution in [3.05, 3.63) is 26.4 Å². The Morgan fingerprint density at radius 3 is 2.47 bits per heavy atom. The number of aromatic nitrogens is 1. The fraction of sp³-hybridized carbons (Fsp3) is 0.462. The molecule has 0 bridgehead atoms. The molecule has 0 amide bonds. The highest BCUT2D eigenvalue weighted by atomic mass is 32.1. The Morgan fingerprint density at radius 1 is 1.24 bits per heavy atom. The van der Waals surface area contributed by atoms with E-state index in [-0.39, 0.29) is 0 Å². The van der Waals surface area contributed by atoms with Crippen LogP contribution in [-0.4, -0.2) is 12.0 Å². The summed E-state index contributed by atoms with van der Waals surface area (Å²) in [6.45, 7) is 8.59. The van der Waals surface area contributed by atoms with Crippen LogP contribution in [0.4, 0.5) is 0 Å². The van der Waals surface area contributed by atoms with Gasteiger partial charge in [-0.25, -0.2) is 4.98 Å². The van der Waals surface area contributed by atoms with E-state index < -0.39 is 0 Å². The number of thiazole rings is 1. The van der Waals surface area contributed by atoms with Crippen LogP contribution >= 0.6 is 22.7 Å². The van der Waals surface area contributed by atoms with E-state index in [0.717, 1.165) is 10.7 Å². The molecule has 0 radical (unpaired) electrons. The molecule has 0 aliphatic rings. The first-order valence-corrected chi connectivity index (χ1v) is 7.38. The van der Waals surface area contributed by atoms with Crippen LogP contribution in [0.3, 0.4) is 0 Å². The summed E-state index contributed by atoms with van der Waals surface area (Å²) in [7, 11) is 1.99. The first-order valence-electron chi connectivity index (χ1n) is 5.75. The lowest BCUT2D eigenvalue weighted by Crippen LogP contribution is -2.11.